The molecule has 0 radical (unpaired) electrons. The Kier molecular flexibility index (Phi) is 6.36. The maximum absolute atomic E-state index is 12.1. The van der Waals surface area contributed by atoms with E-state index in [2.05, 4.69) is 5.32 Å². The Morgan fingerprint density at radius 1 is 1.08 bits per heavy atom. The number of hydrogen-bond acceptors (Lipinski definition) is 3. The number of nitrogens with one attached hydrogen (secondary N) is 1. The third kappa shape index (κ3) is 5.06. The molecule has 8 heteroatoms. The van der Waals surface area contributed by atoms with Crippen molar-refractivity contribution in [3.63, 3.8) is 0 Å². The van der Waals surface area contributed by atoms with Crippen LogP contribution in [0.25, 0.3) is 0 Å². The van der Waals surface area contributed by atoms with E-state index in [1.807, 2.05) is 0 Å². The summed E-state index contributed by atoms with van der Waals surface area (Å²) in [6.07, 6.45) is 0. The summed E-state index contributed by atoms with van der Waals surface area (Å²) in [6.45, 7) is 0. The highest BCUT2D eigenvalue weighted by Gasteiger charge is 2.12. The second-order valence-electron chi connectivity index (χ2n) is 4.88. The molecule has 0 aliphatic rings. The van der Waals surface area contributed by atoms with Crippen LogP contribution in [0.1, 0.15) is 15.9 Å². The average molecular weight is 386 g/mol. The van der Waals surface area contributed by atoms with E-state index in [-0.39, 0.29) is 22.1 Å². The zero-order chi connectivity index (χ0) is 17.7. The van der Waals surface area contributed by atoms with Gasteiger partial charge in [-0.05, 0) is 29.8 Å². The molecule has 1 amide bonds. The highest BCUT2D eigenvalue weighted by Crippen LogP contribution is 2.29. The minimum atomic E-state index is -1.44. The van der Waals surface area contributed by atoms with Crippen molar-refractivity contribution >= 4 is 51.6 Å². The maximum atomic E-state index is 12.1. The molecule has 0 saturated heterocycles. The smallest absolute Gasteiger partial charge is 0.335 e. The van der Waals surface area contributed by atoms with Crippen molar-refractivity contribution in [2.24, 2.45) is 0 Å². The number of anilines is 1. The van der Waals surface area contributed by atoms with E-state index >= 15 is 0 Å². The summed E-state index contributed by atoms with van der Waals surface area (Å²) in [5, 5.41) is 11.9. The van der Waals surface area contributed by atoms with Crippen molar-refractivity contribution in [3.8, 4) is 0 Å². The van der Waals surface area contributed by atoms with Crippen LogP contribution in [-0.4, -0.2) is 26.9 Å². The molecular formula is C16H13Cl2NO4S. The lowest BCUT2D eigenvalue weighted by Gasteiger charge is -2.08. The van der Waals surface area contributed by atoms with E-state index in [4.69, 9.17) is 28.3 Å². The number of amides is 1. The van der Waals surface area contributed by atoms with Gasteiger partial charge in [-0.15, -0.1) is 0 Å². The van der Waals surface area contributed by atoms with Gasteiger partial charge in [-0.3, -0.25) is 9.00 Å². The minimum Gasteiger partial charge on any atom is -0.478 e. The number of benzene rings is 2. The molecule has 0 fully saturated rings. The molecule has 24 heavy (non-hydrogen) atoms. The van der Waals surface area contributed by atoms with Crippen LogP contribution in [0.5, 0.6) is 0 Å². The molecule has 126 valence electrons. The average Bonchev–Trinajstić information content (AvgIpc) is 2.52. The van der Waals surface area contributed by atoms with Crippen LogP contribution < -0.4 is 5.32 Å². The van der Waals surface area contributed by atoms with Gasteiger partial charge < -0.3 is 10.4 Å². The Labute approximate surface area is 151 Å². The van der Waals surface area contributed by atoms with Gasteiger partial charge in [0.05, 0.1) is 21.3 Å². The second-order valence-corrected chi connectivity index (χ2v) is 7.12. The molecule has 1 unspecified atom stereocenters. The molecule has 0 bridgehead atoms. The van der Waals surface area contributed by atoms with Crippen molar-refractivity contribution in [1.29, 1.82) is 0 Å². The molecule has 2 aromatic carbocycles. The van der Waals surface area contributed by atoms with Crippen LogP contribution in [-0.2, 0) is 21.3 Å². The zero-order valence-corrected chi connectivity index (χ0v) is 14.6. The SMILES string of the molecule is O=C(CS(=O)Cc1ccc(C(=O)O)cc1)Nc1cccc(Cl)c1Cl. The summed E-state index contributed by atoms with van der Waals surface area (Å²) in [5.41, 5.74) is 1.20. The Hall–Kier alpha value is -1.89. The van der Waals surface area contributed by atoms with Gasteiger partial charge in [0, 0.05) is 16.6 Å². The van der Waals surface area contributed by atoms with E-state index in [1.54, 1.807) is 30.3 Å². The van der Waals surface area contributed by atoms with Crippen molar-refractivity contribution in [2.75, 3.05) is 11.1 Å². The third-order valence-electron chi connectivity index (χ3n) is 3.05. The summed E-state index contributed by atoms with van der Waals surface area (Å²) in [7, 11) is -1.44. The van der Waals surface area contributed by atoms with Gasteiger partial charge in [-0.1, -0.05) is 41.4 Å². The monoisotopic (exact) mass is 385 g/mol. The molecule has 0 heterocycles. The van der Waals surface area contributed by atoms with Gasteiger partial charge >= 0.3 is 5.97 Å². The van der Waals surface area contributed by atoms with Crippen LogP contribution in [0.15, 0.2) is 42.5 Å². The van der Waals surface area contributed by atoms with Crippen LogP contribution in [0.4, 0.5) is 5.69 Å². The largest absolute Gasteiger partial charge is 0.478 e. The van der Waals surface area contributed by atoms with Crippen LogP contribution in [0.3, 0.4) is 0 Å². The zero-order valence-electron chi connectivity index (χ0n) is 12.3. The van der Waals surface area contributed by atoms with Gasteiger partial charge in [0.1, 0.15) is 5.75 Å². The predicted octanol–water partition coefficient (Wildman–Crippen LogP) is 3.58. The number of halogens is 2. The molecule has 0 spiro atoms. The van der Waals surface area contributed by atoms with Gasteiger partial charge in [0.25, 0.3) is 0 Å². The van der Waals surface area contributed by atoms with E-state index < -0.39 is 22.7 Å². The second kappa shape index (κ2) is 8.28. The molecule has 0 aliphatic carbocycles. The van der Waals surface area contributed by atoms with Gasteiger partial charge in [0.15, 0.2) is 0 Å². The quantitative estimate of drug-likeness (QED) is 0.795. The van der Waals surface area contributed by atoms with Gasteiger partial charge in [-0.25, -0.2) is 4.79 Å². The van der Waals surface area contributed by atoms with Crippen LogP contribution in [0, 0.1) is 0 Å². The lowest BCUT2D eigenvalue weighted by Crippen LogP contribution is -2.20. The topological polar surface area (TPSA) is 83.5 Å². The van der Waals surface area contributed by atoms with Crippen molar-refractivity contribution in [3.05, 3.63) is 63.6 Å². The number of hydrogen-bond donors (Lipinski definition) is 2. The van der Waals surface area contributed by atoms with Crippen molar-refractivity contribution < 1.29 is 18.9 Å². The standard InChI is InChI=1S/C16H13Cl2NO4S/c17-12-2-1-3-13(15(12)18)19-14(20)9-24(23)8-10-4-6-11(7-5-10)16(21)22/h1-7H,8-9H2,(H,19,20)(H,21,22). The van der Waals surface area contributed by atoms with E-state index in [9.17, 15) is 13.8 Å². The number of carbonyl (C=O) groups excluding carboxylic acids is 1. The fraction of sp³-hybridized carbons (Fsp3) is 0.125. The van der Waals surface area contributed by atoms with Crippen molar-refractivity contribution in [2.45, 2.75) is 5.75 Å². The van der Waals surface area contributed by atoms with Crippen LogP contribution >= 0.6 is 23.2 Å². The first kappa shape index (κ1) is 18.4. The molecule has 5 nitrogen and oxygen atoms in total. The number of rotatable bonds is 6. The highest BCUT2D eigenvalue weighted by molar-refractivity contribution is 7.84. The first-order chi connectivity index (χ1) is 11.4. The van der Waals surface area contributed by atoms with E-state index in [0.717, 1.165) is 0 Å². The fourth-order valence-corrected chi connectivity index (χ4v) is 3.29. The Morgan fingerprint density at radius 2 is 1.75 bits per heavy atom. The van der Waals surface area contributed by atoms with E-state index in [1.165, 1.54) is 12.1 Å². The van der Waals surface area contributed by atoms with Crippen molar-refractivity contribution in [1.82, 2.24) is 0 Å². The number of carboxylic acids is 1. The lowest BCUT2D eigenvalue weighted by atomic mass is 10.1. The summed E-state index contributed by atoms with van der Waals surface area (Å²) >= 11 is 11.8. The number of carbonyl (C=O) groups is 2. The molecule has 2 rings (SSSR count). The third-order valence-corrected chi connectivity index (χ3v) is 5.10. The highest BCUT2D eigenvalue weighted by atomic mass is 35.5. The van der Waals surface area contributed by atoms with Gasteiger partial charge in [-0.2, -0.15) is 0 Å². The summed E-state index contributed by atoms with van der Waals surface area (Å²) in [6, 6.07) is 10.9. The first-order valence-electron chi connectivity index (χ1n) is 6.78. The minimum absolute atomic E-state index is 0.149. The summed E-state index contributed by atoms with van der Waals surface area (Å²) in [5.74, 6) is -1.53. The van der Waals surface area contributed by atoms with E-state index in [0.29, 0.717) is 16.3 Å². The summed E-state index contributed by atoms with van der Waals surface area (Å²) in [4.78, 5) is 22.7. The lowest BCUT2D eigenvalue weighted by molar-refractivity contribution is -0.113. The molecule has 1 atom stereocenters. The Balaban J connectivity index is 1.93. The van der Waals surface area contributed by atoms with Gasteiger partial charge in [0.2, 0.25) is 5.91 Å². The summed E-state index contributed by atoms with van der Waals surface area (Å²) < 4.78 is 12.1. The molecule has 2 N–H and O–H groups in total. The molecule has 0 aliphatic heterocycles. The first-order valence-corrected chi connectivity index (χ1v) is 9.02. The predicted molar refractivity (Wildman–Crippen MR) is 95.2 cm³/mol. The fourth-order valence-electron chi connectivity index (χ4n) is 1.91. The Morgan fingerprint density at radius 3 is 2.38 bits per heavy atom. The van der Waals surface area contributed by atoms with Crippen LogP contribution in [0.2, 0.25) is 10.0 Å². The molecule has 0 aromatic heterocycles. The normalized spacial score (nSPS) is 11.8. The molecular weight excluding hydrogens is 373 g/mol. The molecule has 2 aromatic rings. The Bertz CT molecular complexity index is 793. The number of aromatic carboxylic acids is 1. The number of carboxylic acid groups (broad SMARTS) is 1. The molecule has 0 saturated carbocycles. The maximum Gasteiger partial charge on any atom is 0.335 e.